The molecule has 0 amide bonds. The summed E-state index contributed by atoms with van der Waals surface area (Å²) in [4.78, 5) is 21.2. The summed E-state index contributed by atoms with van der Waals surface area (Å²) in [6, 6.07) is -0.652. The van der Waals surface area contributed by atoms with Gasteiger partial charge in [0.1, 0.15) is 6.04 Å². The number of aliphatic carboxylic acids is 2. The van der Waals surface area contributed by atoms with E-state index >= 15 is 0 Å². The van der Waals surface area contributed by atoms with Gasteiger partial charge in [-0.05, 0) is 6.42 Å². The molecule has 3 N–H and O–H groups in total. The molecule has 12 heavy (non-hydrogen) atoms. The van der Waals surface area contributed by atoms with Gasteiger partial charge in [-0.1, -0.05) is 0 Å². The molecule has 2 fully saturated rings. The monoisotopic (exact) mass is 171 g/mol. The van der Waals surface area contributed by atoms with E-state index < -0.39 is 23.4 Å². The van der Waals surface area contributed by atoms with Crippen LogP contribution in [0.2, 0.25) is 0 Å². The summed E-state index contributed by atoms with van der Waals surface area (Å²) in [5.41, 5.74) is -0.761. The van der Waals surface area contributed by atoms with Gasteiger partial charge in [0.2, 0.25) is 0 Å². The molecule has 66 valence electrons. The lowest BCUT2D eigenvalue weighted by Crippen LogP contribution is -2.34. The molecule has 0 unspecified atom stereocenters. The zero-order valence-corrected chi connectivity index (χ0v) is 6.28. The molecule has 1 aliphatic heterocycles. The third-order valence-corrected chi connectivity index (χ3v) is 2.87. The number of carboxylic acid groups (broad SMARTS) is 2. The second-order valence-corrected chi connectivity index (χ2v) is 3.47. The Kier molecular flexibility index (Phi) is 1.24. The van der Waals surface area contributed by atoms with E-state index in [-0.39, 0.29) is 5.92 Å². The van der Waals surface area contributed by atoms with Crippen LogP contribution in [0.1, 0.15) is 6.42 Å². The summed E-state index contributed by atoms with van der Waals surface area (Å²) >= 11 is 0. The van der Waals surface area contributed by atoms with Crippen molar-refractivity contribution < 1.29 is 19.8 Å². The largest absolute Gasteiger partial charge is 0.481 e. The molecular weight excluding hydrogens is 162 g/mol. The van der Waals surface area contributed by atoms with Gasteiger partial charge in [-0.2, -0.15) is 0 Å². The average molecular weight is 171 g/mol. The van der Waals surface area contributed by atoms with Crippen molar-refractivity contribution in [2.75, 3.05) is 6.54 Å². The molecule has 0 aromatic heterocycles. The van der Waals surface area contributed by atoms with Gasteiger partial charge in [0, 0.05) is 12.5 Å². The molecule has 0 aromatic rings. The Hall–Kier alpha value is -1.10. The molecule has 5 nitrogen and oxygen atoms in total. The Bertz CT molecular complexity index is 264. The molecule has 0 radical (unpaired) electrons. The molecule has 0 spiro atoms. The smallest absolute Gasteiger partial charge is 0.321 e. The standard InChI is InChI=1S/C7H9NO4/c9-5(10)4-3-1-7(3,2-8-4)6(11)12/h3-4,8H,1-2H2,(H,9,10)(H,11,12)/t3-,4+,7-/m1/s1. The van der Waals surface area contributed by atoms with Crippen molar-refractivity contribution in [1.29, 1.82) is 0 Å². The number of carboxylic acids is 2. The maximum absolute atomic E-state index is 10.7. The molecule has 1 saturated heterocycles. The minimum absolute atomic E-state index is 0.201. The summed E-state index contributed by atoms with van der Waals surface area (Å²) < 4.78 is 0. The molecule has 2 aliphatic rings. The van der Waals surface area contributed by atoms with Crippen molar-refractivity contribution in [2.45, 2.75) is 12.5 Å². The van der Waals surface area contributed by atoms with Crippen molar-refractivity contribution in [3.05, 3.63) is 0 Å². The molecule has 0 aromatic carbocycles. The van der Waals surface area contributed by atoms with Gasteiger partial charge >= 0.3 is 11.9 Å². The highest BCUT2D eigenvalue weighted by Crippen LogP contribution is 2.57. The summed E-state index contributed by atoms with van der Waals surface area (Å²) in [5.74, 6) is -2.02. The van der Waals surface area contributed by atoms with Gasteiger partial charge in [0.05, 0.1) is 5.41 Å². The van der Waals surface area contributed by atoms with E-state index in [2.05, 4.69) is 5.32 Å². The number of fused-ring (bicyclic) bond motifs is 1. The zero-order valence-electron chi connectivity index (χ0n) is 6.28. The normalized spacial score (nSPS) is 43.7. The van der Waals surface area contributed by atoms with Gasteiger partial charge < -0.3 is 15.5 Å². The minimum Gasteiger partial charge on any atom is -0.481 e. The van der Waals surface area contributed by atoms with Crippen LogP contribution >= 0.6 is 0 Å². The SMILES string of the molecule is O=C(O)[C@H]1NC[C@]2(C(=O)O)C[C@H]12. The van der Waals surface area contributed by atoms with Crippen molar-refractivity contribution in [3.8, 4) is 0 Å². The molecule has 0 bridgehead atoms. The summed E-state index contributed by atoms with van der Waals surface area (Å²) in [6.45, 7) is 0.296. The first-order valence-electron chi connectivity index (χ1n) is 3.77. The predicted molar refractivity (Wildman–Crippen MR) is 37.6 cm³/mol. The fourth-order valence-electron chi connectivity index (χ4n) is 1.99. The predicted octanol–water partition coefficient (Wildman–Crippen LogP) is -0.866. The van der Waals surface area contributed by atoms with E-state index in [1.165, 1.54) is 0 Å². The number of carbonyl (C=O) groups is 2. The quantitative estimate of drug-likeness (QED) is 0.503. The number of rotatable bonds is 2. The maximum Gasteiger partial charge on any atom is 0.321 e. The van der Waals surface area contributed by atoms with Crippen LogP contribution in [0.25, 0.3) is 0 Å². The molecule has 1 aliphatic carbocycles. The lowest BCUT2D eigenvalue weighted by molar-refractivity contribution is -0.143. The Morgan fingerprint density at radius 1 is 1.42 bits per heavy atom. The summed E-state index contributed by atoms with van der Waals surface area (Å²) in [6.07, 6.45) is 0.506. The van der Waals surface area contributed by atoms with Crippen LogP contribution in [0.15, 0.2) is 0 Å². The number of piperidine rings is 1. The molecule has 1 saturated carbocycles. The molecule has 1 heterocycles. The van der Waals surface area contributed by atoms with Crippen LogP contribution < -0.4 is 5.32 Å². The van der Waals surface area contributed by atoms with E-state index in [1.807, 2.05) is 0 Å². The topological polar surface area (TPSA) is 86.6 Å². The Morgan fingerprint density at radius 3 is 2.33 bits per heavy atom. The van der Waals surface area contributed by atoms with Gasteiger partial charge in [-0.25, -0.2) is 0 Å². The van der Waals surface area contributed by atoms with Crippen molar-refractivity contribution >= 4 is 11.9 Å². The van der Waals surface area contributed by atoms with Gasteiger partial charge in [0.15, 0.2) is 0 Å². The Balaban J connectivity index is 2.15. The fraction of sp³-hybridized carbons (Fsp3) is 0.714. The van der Waals surface area contributed by atoms with Crippen molar-refractivity contribution in [3.63, 3.8) is 0 Å². The van der Waals surface area contributed by atoms with Crippen molar-refractivity contribution in [1.82, 2.24) is 5.32 Å². The molecule has 5 heteroatoms. The summed E-state index contributed by atoms with van der Waals surface area (Å²) in [7, 11) is 0. The van der Waals surface area contributed by atoms with Crippen LogP contribution in [-0.4, -0.2) is 34.7 Å². The van der Waals surface area contributed by atoms with Crippen LogP contribution in [0, 0.1) is 11.3 Å². The third kappa shape index (κ3) is 0.714. The van der Waals surface area contributed by atoms with Crippen LogP contribution in [-0.2, 0) is 9.59 Å². The minimum atomic E-state index is -0.944. The second kappa shape index (κ2) is 1.98. The number of hydrogen-bond acceptors (Lipinski definition) is 3. The fourth-order valence-corrected chi connectivity index (χ4v) is 1.99. The Labute approximate surface area is 68.4 Å². The first kappa shape index (κ1) is 7.54. The average Bonchev–Trinajstić information content (AvgIpc) is 2.58. The number of nitrogens with one attached hydrogen (secondary N) is 1. The van der Waals surface area contributed by atoms with E-state index in [0.29, 0.717) is 13.0 Å². The first-order valence-corrected chi connectivity index (χ1v) is 3.77. The Morgan fingerprint density at radius 2 is 2.08 bits per heavy atom. The van der Waals surface area contributed by atoms with Gasteiger partial charge in [-0.3, -0.25) is 9.59 Å². The molecular formula is C7H9NO4. The third-order valence-electron chi connectivity index (χ3n) is 2.87. The molecule has 3 atom stereocenters. The zero-order chi connectivity index (χ0) is 8.93. The maximum atomic E-state index is 10.7. The van der Waals surface area contributed by atoms with E-state index in [9.17, 15) is 9.59 Å². The van der Waals surface area contributed by atoms with Crippen molar-refractivity contribution in [2.24, 2.45) is 11.3 Å². The van der Waals surface area contributed by atoms with Crippen LogP contribution in [0.3, 0.4) is 0 Å². The number of hydrogen-bond donors (Lipinski definition) is 3. The highest BCUT2D eigenvalue weighted by Gasteiger charge is 2.68. The molecule has 2 rings (SSSR count). The van der Waals surface area contributed by atoms with E-state index in [1.54, 1.807) is 0 Å². The van der Waals surface area contributed by atoms with E-state index in [4.69, 9.17) is 10.2 Å². The van der Waals surface area contributed by atoms with Gasteiger partial charge in [0.25, 0.3) is 0 Å². The van der Waals surface area contributed by atoms with Crippen LogP contribution in [0.5, 0.6) is 0 Å². The van der Waals surface area contributed by atoms with Gasteiger partial charge in [-0.15, -0.1) is 0 Å². The highest BCUT2D eigenvalue weighted by molar-refractivity contribution is 5.85. The van der Waals surface area contributed by atoms with Crippen LogP contribution in [0.4, 0.5) is 0 Å². The summed E-state index contributed by atoms with van der Waals surface area (Å²) in [5, 5.41) is 20.1. The lowest BCUT2D eigenvalue weighted by atomic mass is 10.1. The highest BCUT2D eigenvalue weighted by atomic mass is 16.4. The van der Waals surface area contributed by atoms with E-state index in [0.717, 1.165) is 0 Å². The second-order valence-electron chi connectivity index (χ2n) is 3.47. The first-order chi connectivity index (χ1) is 5.58. The lowest BCUT2D eigenvalue weighted by Gasteiger charge is -2.05.